The molecule has 1 aliphatic carbocycles. The standard InChI is InChI=1S/C15H16BrNO3/c16-11-5-1-3-9(7-11)14(18)17-8-10-4-2-6-12(10)13(17)15(19)20/h1,3,5,7,10,12-13H,2,4,6,8H2,(H,19,20). The Morgan fingerprint density at radius 2 is 2.10 bits per heavy atom. The number of hydrogen-bond donors (Lipinski definition) is 1. The van der Waals surface area contributed by atoms with E-state index in [9.17, 15) is 14.7 Å². The summed E-state index contributed by atoms with van der Waals surface area (Å²) in [5.41, 5.74) is 0.547. The van der Waals surface area contributed by atoms with E-state index in [0.29, 0.717) is 18.0 Å². The smallest absolute Gasteiger partial charge is 0.326 e. The molecule has 1 amide bonds. The summed E-state index contributed by atoms with van der Waals surface area (Å²) in [6, 6.07) is 6.47. The molecule has 3 atom stereocenters. The fourth-order valence-electron chi connectivity index (χ4n) is 3.62. The number of fused-ring (bicyclic) bond motifs is 1. The third-order valence-corrected chi connectivity index (χ3v) is 4.97. The molecule has 1 aromatic rings. The van der Waals surface area contributed by atoms with Crippen LogP contribution in [0, 0.1) is 11.8 Å². The number of likely N-dealkylation sites (tertiary alicyclic amines) is 1. The van der Waals surface area contributed by atoms with Crippen LogP contribution >= 0.6 is 15.9 Å². The summed E-state index contributed by atoms with van der Waals surface area (Å²) < 4.78 is 0.828. The van der Waals surface area contributed by atoms with Crippen LogP contribution in [0.5, 0.6) is 0 Å². The molecule has 1 saturated carbocycles. The number of rotatable bonds is 2. The molecule has 106 valence electrons. The van der Waals surface area contributed by atoms with Gasteiger partial charge in [0.2, 0.25) is 0 Å². The predicted octanol–water partition coefficient (Wildman–Crippen LogP) is 2.77. The van der Waals surface area contributed by atoms with Crippen LogP contribution in [0.15, 0.2) is 28.7 Å². The van der Waals surface area contributed by atoms with Crippen molar-refractivity contribution in [3.63, 3.8) is 0 Å². The van der Waals surface area contributed by atoms with Crippen LogP contribution < -0.4 is 0 Å². The number of carboxylic acid groups (broad SMARTS) is 1. The number of carbonyl (C=O) groups is 2. The maximum absolute atomic E-state index is 12.6. The maximum Gasteiger partial charge on any atom is 0.326 e. The number of halogens is 1. The summed E-state index contributed by atoms with van der Waals surface area (Å²) >= 11 is 3.34. The van der Waals surface area contributed by atoms with E-state index in [1.54, 1.807) is 23.1 Å². The Morgan fingerprint density at radius 3 is 2.80 bits per heavy atom. The number of nitrogens with zero attached hydrogens (tertiary/aromatic N) is 1. The summed E-state index contributed by atoms with van der Waals surface area (Å²) in [6.45, 7) is 0.576. The van der Waals surface area contributed by atoms with Gasteiger partial charge in [0.05, 0.1) is 0 Å². The zero-order chi connectivity index (χ0) is 14.3. The lowest BCUT2D eigenvalue weighted by molar-refractivity contribution is -0.142. The van der Waals surface area contributed by atoms with E-state index in [4.69, 9.17) is 0 Å². The average molecular weight is 338 g/mol. The van der Waals surface area contributed by atoms with Gasteiger partial charge in [-0.05, 0) is 42.9 Å². The summed E-state index contributed by atoms with van der Waals surface area (Å²) in [4.78, 5) is 25.7. The number of hydrogen-bond acceptors (Lipinski definition) is 2. The summed E-state index contributed by atoms with van der Waals surface area (Å²) in [5.74, 6) is -0.563. The molecule has 1 heterocycles. The molecule has 0 aromatic heterocycles. The van der Waals surface area contributed by atoms with Gasteiger partial charge in [-0.25, -0.2) is 4.79 Å². The Morgan fingerprint density at radius 1 is 1.30 bits per heavy atom. The molecule has 1 saturated heterocycles. The first kappa shape index (κ1) is 13.6. The molecular formula is C15H16BrNO3. The van der Waals surface area contributed by atoms with Crippen molar-refractivity contribution in [1.29, 1.82) is 0 Å². The van der Waals surface area contributed by atoms with Gasteiger partial charge < -0.3 is 10.0 Å². The molecule has 2 aliphatic rings. The van der Waals surface area contributed by atoms with Gasteiger partial charge in [-0.2, -0.15) is 0 Å². The second-order valence-corrected chi connectivity index (χ2v) is 6.52. The highest BCUT2D eigenvalue weighted by Crippen LogP contribution is 2.42. The van der Waals surface area contributed by atoms with Crippen LogP contribution in [-0.4, -0.2) is 34.5 Å². The number of carboxylic acids is 1. The number of benzene rings is 1. The van der Waals surface area contributed by atoms with Crippen LogP contribution in [0.2, 0.25) is 0 Å². The van der Waals surface area contributed by atoms with Gasteiger partial charge in [-0.15, -0.1) is 0 Å². The molecule has 2 fully saturated rings. The van der Waals surface area contributed by atoms with Gasteiger partial charge in [0.15, 0.2) is 0 Å². The topological polar surface area (TPSA) is 57.6 Å². The Balaban J connectivity index is 1.89. The van der Waals surface area contributed by atoms with E-state index in [0.717, 1.165) is 23.7 Å². The van der Waals surface area contributed by atoms with Crippen LogP contribution in [0.1, 0.15) is 29.6 Å². The first-order chi connectivity index (χ1) is 9.58. The van der Waals surface area contributed by atoms with Crippen molar-refractivity contribution in [1.82, 2.24) is 4.90 Å². The van der Waals surface area contributed by atoms with Gasteiger partial charge in [-0.1, -0.05) is 28.4 Å². The Bertz CT molecular complexity index is 560. The van der Waals surface area contributed by atoms with Crippen molar-refractivity contribution in [2.75, 3.05) is 6.54 Å². The zero-order valence-electron chi connectivity index (χ0n) is 11.0. The zero-order valence-corrected chi connectivity index (χ0v) is 12.5. The van der Waals surface area contributed by atoms with E-state index in [1.165, 1.54) is 0 Å². The summed E-state index contributed by atoms with van der Waals surface area (Å²) in [7, 11) is 0. The highest BCUT2D eigenvalue weighted by atomic mass is 79.9. The number of amides is 1. The minimum atomic E-state index is -0.872. The van der Waals surface area contributed by atoms with Crippen molar-refractivity contribution < 1.29 is 14.7 Å². The van der Waals surface area contributed by atoms with Crippen LogP contribution in [0.25, 0.3) is 0 Å². The largest absolute Gasteiger partial charge is 0.480 e. The summed E-state index contributed by atoms with van der Waals surface area (Å²) in [6.07, 6.45) is 3.04. The molecule has 1 aliphatic heterocycles. The first-order valence-corrected chi connectivity index (χ1v) is 7.66. The summed E-state index contributed by atoms with van der Waals surface area (Å²) in [5, 5.41) is 9.48. The van der Waals surface area contributed by atoms with Gasteiger partial charge in [0, 0.05) is 16.6 Å². The lowest BCUT2D eigenvalue weighted by atomic mass is 9.94. The minimum absolute atomic E-state index is 0.128. The molecule has 1 N–H and O–H groups in total. The van der Waals surface area contributed by atoms with Gasteiger partial charge >= 0.3 is 5.97 Å². The second kappa shape index (κ2) is 5.20. The SMILES string of the molecule is O=C(O)C1C2CCCC2CN1C(=O)c1cccc(Br)c1. The van der Waals surface area contributed by atoms with Gasteiger partial charge in [0.1, 0.15) is 6.04 Å². The third-order valence-electron chi connectivity index (χ3n) is 4.48. The van der Waals surface area contributed by atoms with Crippen molar-refractivity contribution in [2.45, 2.75) is 25.3 Å². The fourth-order valence-corrected chi connectivity index (χ4v) is 4.02. The number of carbonyl (C=O) groups excluding carboxylic acids is 1. The van der Waals surface area contributed by atoms with Gasteiger partial charge in [0.25, 0.3) is 5.91 Å². The lowest BCUT2D eigenvalue weighted by Gasteiger charge is -2.24. The molecule has 4 nitrogen and oxygen atoms in total. The lowest BCUT2D eigenvalue weighted by Crippen LogP contribution is -2.43. The van der Waals surface area contributed by atoms with E-state index < -0.39 is 12.0 Å². The molecule has 3 rings (SSSR count). The Hall–Kier alpha value is -1.36. The molecular weight excluding hydrogens is 322 g/mol. The quantitative estimate of drug-likeness (QED) is 0.902. The van der Waals surface area contributed by atoms with Crippen LogP contribution in [0.4, 0.5) is 0 Å². The molecule has 0 spiro atoms. The normalized spacial score (nSPS) is 28.4. The third kappa shape index (κ3) is 2.24. The molecule has 20 heavy (non-hydrogen) atoms. The second-order valence-electron chi connectivity index (χ2n) is 5.61. The van der Waals surface area contributed by atoms with E-state index >= 15 is 0 Å². The van der Waals surface area contributed by atoms with Crippen LogP contribution in [0.3, 0.4) is 0 Å². The molecule has 0 radical (unpaired) electrons. The van der Waals surface area contributed by atoms with E-state index in [2.05, 4.69) is 15.9 Å². The van der Waals surface area contributed by atoms with Crippen molar-refractivity contribution in [3.8, 4) is 0 Å². The highest BCUT2D eigenvalue weighted by Gasteiger charge is 2.49. The maximum atomic E-state index is 12.6. The fraction of sp³-hybridized carbons (Fsp3) is 0.467. The monoisotopic (exact) mass is 337 g/mol. The molecule has 0 bridgehead atoms. The molecule has 3 unspecified atom stereocenters. The Labute approximate surface area is 125 Å². The van der Waals surface area contributed by atoms with E-state index in [-0.39, 0.29) is 11.8 Å². The predicted molar refractivity (Wildman–Crippen MR) is 77.4 cm³/mol. The van der Waals surface area contributed by atoms with Crippen molar-refractivity contribution in [3.05, 3.63) is 34.3 Å². The minimum Gasteiger partial charge on any atom is -0.480 e. The van der Waals surface area contributed by atoms with Crippen molar-refractivity contribution in [2.24, 2.45) is 11.8 Å². The van der Waals surface area contributed by atoms with Crippen LogP contribution in [-0.2, 0) is 4.79 Å². The van der Waals surface area contributed by atoms with E-state index in [1.807, 2.05) is 6.07 Å². The molecule has 5 heteroatoms. The molecule has 1 aromatic carbocycles. The van der Waals surface area contributed by atoms with Crippen molar-refractivity contribution >= 4 is 27.8 Å². The average Bonchev–Trinajstić information content (AvgIpc) is 2.96. The van der Waals surface area contributed by atoms with Gasteiger partial charge in [-0.3, -0.25) is 4.79 Å². The number of aliphatic carboxylic acids is 1. The highest BCUT2D eigenvalue weighted by molar-refractivity contribution is 9.10. The Kier molecular flexibility index (Phi) is 3.54. The first-order valence-electron chi connectivity index (χ1n) is 6.87.